The molecule has 128 valence electrons. The molecule has 2 heterocycles. The highest BCUT2D eigenvalue weighted by atomic mass is 35.5. The lowest BCUT2D eigenvalue weighted by Crippen LogP contribution is -2.44. The van der Waals surface area contributed by atoms with Crippen LogP contribution in [0.1, 0.15) is 24.9 Å². The van der Waals surface area contributed by atoms with Gasteiger partial charge in [0.2, 0.25) is 0 Å². The van der Waals surface area contributed by atoms with Gasteiger partial charge in [0.1, 0.15) is 0 Å². The van der Waals surface area contributed by atoms with E-state index < -0.39 is 6.04 Å². The monoisotopic (exact) mass is 349 g/mol. The highest BCUT2D eigenvalue weighted by Gasteiger charge is 2.40. The molecule has 2 aliphatic rings. The molecule has 1 atom stereocenters. The van der Waals surface area contributed by atoms with Gasteiger partial charge in [0, 0.05) is 24.8 Å². The topological polar surface area (TPSA) is 70.7 Å². The first-order chi connectivity index (χ1) is 11.6. The summed E-state index contributed by atoms with van der Waals surface area (Å²) in [5.74, 6) is -0.0704. The van der Waals surface area contributed by atoms with Gasteiger partial charge in [-0.15, -0.1) is 0 Å². The van der Waals surface area contributed by atoms with Crippen molar-refractivity contribution in [3.05, 3.63) is 46.1 Å². The molecule has 0 bridgehead atoms. The largest absolute Gasteiger partial charge is 0.382 e. The molecule has 0 spiro atoms. The molecule has 7 heteroatoms. The Labute approximate surface area is 145 Å². The quantitative estimate of drug-likeness (QED) is 0.774. The molecule has 3 rings (SSSR count). The summed E-state index contributed by atoms with van der Waals surface area (Å²) in [5, 5.41) is 6.09. The number of hydrogen-bond acceptors (Lipinski definition) is 3. The van der Waals surface area contributed by atoms with Crippen LogP contribution < -0.4 is 10.6 Å². The molecule has 0 radical (unpaired) electrons. The third kappa shape index (κ3) is 3.25. The Morgan fingerprint density at radius 2 is 2.12 bits per heavy atom. The predicted octanol–water partition coefficient (Wildman–Crippen LogP) is 2.22. The zero-order valence-electron chi connectivity index (χ0n) is 13.5. The van der Waals surface area contributed by atoms with Gasteiger partial charge in [0.25, 0.3) is 5.91 Å². The maximum absolute atomic E-state index is 12.8. The van der Waals surface area contributed by atoms with Gasteiger partial charge in [-0.3, -0.25) is 4.79 Å². The zero-order chi connectivity index (χ0) is 17.1. The normalized spacial score (nSPS) is 20.1. The third-order valence-electron chi connectivity index (χ3n) is 4.16. The van der Waals surface area contributed by atoms with Crippen LogP contribution in [-0.2, 0) is 9.53 Å². The van der Waals surface area contributed by atoms with Crippen molar-refractivity contribution in [1.82, 2.24) is 15.5 Å². The number of carbonyl (C=O) groups excluding carboxylic acids is 2. The summed E-state index contributed by atoms with van der Waals surface area (Å²) in [6.45, 7) is 4.23. The van der Waals surface area contributed by atoms with Crippen LogP contribution in [-0.4, -0.2) is 43.1 Å². The number of carbonyl (C=O) groups is 2. The highest BCUT2D eigenvalue weighted by Crippen LogP contribution is 2.35. The van der Waals surface area contributed by atoms with Gasteiger partial charge in [-0.05, 0) is 25.0 Å². The van der Waals surface area contributed by atoms with E-state index in [1.54, 1.807) is 11.0 Å². The van der Waals surface area contributed by atoms with E-state index in [4.69, 9.17) is 16.3 Å². The van der Waals surface area contributed by atoms with Gasteiger partial charge in [-0.1, -0.05) is 29.8 Å². The first kappa shape index (κ1) is 16.8. The van der Waals surface area contributed by atoms with Crippen molar-refractivity contribution in [2.24, 2.45) is 0 Å². The molecule has 0 unspecified atom stereocenters. The summed E-state index contributed by atoms with van der Waals surface area (Å²) in [5.41, 5.74) is 1.95. The van der Waals surface area contributed by atoms with Gasteiger partial charge in [0.05, 0.1) is 23.9 Å². The summed E-state index contributed by atoms with van der Waals surface area (Å²) in [7, 11) is 0. The summed E-state index contributed by atoms with van der Waals surface area (Å²) in [4.78, 5) is 26.5. The number of rotatable bonds is 6. The molecular weight excluding hydrogens is 330 g/mol. The van der Waals surface area contributed by atoms with E-state index in [2.05, 4.69) is 10.6 Å². The standard InChI is InChI=1S/C17H20ClN3O3/c1-2-24-9-5-8-21-10-13-14(16(21)22)15(20-17(23)19-13)11-6-3-4-7-12(11)18/h3-4,6-7,15H,2,5,8-10H2,1H3,(H2,19,20,23)/t15-/m0/s1. The van der Waals surface area contributed by atoms with Gasteiger partial charge in [0.15, 0.2) is 0 Å². The second kappa shape index (κ2) is 7.23. The smallest absolute Gasteiger partial charge is 0.319 e. The lowest BCUT2D eigenvalue weighted by Gasteiger charge is -2.26. The van der Waals surface area contributed by atoms with Crippen molar-refractivity contribution in [3.63, 3.8) is 0 Å². The Morgan fingerprint density at radius 1 is 1.33 bits per heavy atom. The maximum Gasteiger partial charge on any atom is 0.319 e. The van der Waals surface area contributed by atoms with Crippen molar-refractivity contribution in [2.45, 2.75) is 19.4 Å². The van der Waals surface area contributed by atoms with E-state index in [0.29, 0.717) is 42.6 Å². The first-order valence-electron chi connectivity index (χ1n) is 8.03. The van der Waals surface area contributed by atoms with Crippen LogP contribution in [0, 0.1) is 0 Å². The maximum atomic E-state index is 12.8. The Bertz CT molecular complexity index is 689. The number of ether oxygens (including phenoxy) is 1. The average molecular weight is 350 g/mol. The number of nitrogens with zero attached hydrogens (tertiary/aromatic N) is 1. The Balaban J connectivity index is 1.80. The van der Waals surface area contributed by atoms with Crippen LogP contribution in [0.3, 0.4) is 0 Å². The fourth-order valence-corrected chi connectivity index (χ4v) is 3.30. The third-order valence-corrected chi connectivity index (χ3v) is 4.50. The van der Waals surface area contributed by atoms with Crippen LogP contribution in [0.2, 0.25) is 5.02 Å². The second-order valence-electron chi connectivity index (χ2n) is 5.72. The number of amides is 3. The Morgan fingerprint density at radius 3 is 2.88 bits per heavy atom. The van der Waals surface area contributed by atoms with Crippen molar-refractivity contribution < 1.29 is 14.3 Å². The molecule has 2 aliphatic heterocycles. The van der Waals surface area contributed by atoms with E-state index in [9.17, 15) is 9.59 Å². The Kier molecular flexibility index (Phi) is 5.06. The van der Waals surface area contributed by atoms with Crippen molar-refractivity contribution in [2.75, 3.05) is 26.3 Å². The second-order valence-corrected chi connectivity index (χ2v) is 6.13. The molecule has 1 aromatic rings. The summed E-state index contributed by atoms with van der Waals surface area (Å²) in [6, 6.07) is 6.41. The molecule has 3 amide bonds. The van der Waals surface area contributed by atoms with Crippen LogP contribution in [0.15, 0.2) is 35.5 Å². The molecule has 6 nitrogen and oxygen atoms in total. The SMILES string of the molecule is CCOCCCN1CC2=C(C1=O)[C@H](c1ccccc1Cl)NC(=O)N2. The van der Waals surface area contributed by atoms with Crippen LogP contribution in [0.5, 0.6) is 0 Å². The highest BCUT2D eigenvalue weighted by molar-refractivity contribution is 6.31. The number of hydrogen-bond donors (Lipinski definition) is 2. The fraction of sp³-hybridized carbons (Fsp3) is 0.412. The van der Waals surface area contributed by atoms with Gasteiger partial charge >= 0.3 is 6.03 Å². The Hall–Kier alpha value is -2.05. The van der Waals surface area contributed by atoms with E-state index in [1.807, 2.05) is 25.1 Å². The number of urea groups is 1. The molecule has 1 aromatic carbocycles. The van der Waals surface area contributed by atoms with Crippen molar-refractivity contribution in [1.29, 1.82) is 0 Å². The van der Waals surface area contributed by atoms with E-state index in [-0.39, 0.29) is 11.9 Å². The molecule has 0 saturated carbocycles. The van der Waals surface area contributed by atoms with Crippen LogP contribution in [0.25, 0.3) is 0 Å². The molecule has 24 heavy (non-hydrogen) atoms. The summed E-state index contributed by atoms with van der Waals surface area (Å²) in [6.07, 6.45) is 0.762. The number of benzene rings is 1. The number of halogens is 1. The molecule has 2 N–H and O–H groups in total. The van der Waals surface area contributed by atoms with Gasteiger partial charge in [-0.2, -0.15) is 0 Å². The summed E-state index contributed by atoms with van der Waals surface area (Å²) >= 11 is 6.26. The minimum atomic E-state index is -0.521. The average Bonchev–Trinajstić information content (AvgIpc) is 2.87. The van der Waals surface area contributed by atoms with Gasteiger partial charge in [-0.25, -0.2) is 4.79 Å². The zero-order valence-corrected chi connectivity index (χ0v) is 14.2. The van der Waals surface area contributed by atoms with E-state index in [1.165, 1.54) is 0 Å². The predicted molar refractivity (Wildman–Crippen MR) is 90.6 cm³/mol. The molecular formula is C17H20ClN3O3. The van der Waals surface area contributed by atoms with Crippen molar-refractivity contribution >= 4 is 23.5 Å². The van der Waals surface area contributed by atoms with Gasteiger partial charge < -0.3 is 20.3 Å². The first-order valence-corrected chi connectivity index (χ1v) is 8.41. The minimum Gasteiger partial charge on any atom is -0.382 e. The lowest BCUT2D eigenvalue weighted by molar-refractivity contribution is -0.126. The van der Waals surface area contributed by atoms with E-state index in [0.717, 1.165) is 12.0 Å². The molecule has 0 saturated heterocycles. The van der Waals surface area contributed by atoms with E-state index >= 15 is 0 Å². The summed E-state index contributed by atoms with van der Waals surface area (Å²) < 4.78 is 5.32. The molecule has 0 aromatic heterocycles. The molecule has 0 aliphatic carbocycles. The minimum absolute atomic E-state index is 0.0704. The lowest BCUT2D eigenvalue weighted by atomic mass is 9.96. The fourth-order valence-electron chi connectivity index (χ4n) is 3.05. The van der Waals surface area contributed by atoms with Crippen LogP contribution in [0.4, 0.5) is 4.79 Å². The van der Waals surface area contributed by atoms with Crippen molar-refractivity contribution in [3.8, 4) is 0 Å². The molecule has 0 fully saturated rings. The number of nitrogens with one attached hydrogen (secondary N) is 2. The van der Waals surface area contributed by atoms with Crippen LogP contribution >= 0.6 is 11.6 Å².